The monoisotopic (exact) mass is 612 g/mol. The summed E-state index contributed by atoms with van der Waals surface area (Å²) in [5.74, 6) is 0. The van der Waals surface area contributed by atoms with Gasteiger partial charge in [-0.3, -0.25) is 4.09 Å². The van der Waals surface area contributed by atoms with Crippen molar-refractivity contribution in [2.45, 2.75) is 0 Å². The molecule has 9 aromatic rings. The third-order valence-corrected chi connectivity index (χ3v) is 12.4. The summed E-state index contributed by atoms with van der Waals surface area (Å²) < 4.78 is 13.9. The first kappa shape index (κ1) is 24.6. The van der Waals surface area contributed by atoms with Crippen LogP contribution in [0.25, 0.3) is 81.1 Å². The Morgan fingerprint density at radius 1 is 0.476 bits per heavy atom. The van der Waals surface area contributed by atoms with Gasteiger partial charge in [0.15, 0.2) is 0 Å². The van der Waals surface area contributed by atoms with Crippen molar-refractivity contribution in [1.82, 2.24) is 17.6 Å². The first-order chi connectivity index (χ1) is 20.8. The van der Waals surface area contributed by atoms with E-state index in [0.717, 1.165) is 8.51 Å². The Bertz CT molecular complexity index is 2590. The zero-order chi connectivity index (χ0) is 27.6. The molecule has 3 atom stereocenters. The molecule has 4 nitrogen and oxygen atoms in total. The fraction of sp³-hybridized carbons (Fsp3) is 0. The van der Waals surface area contributed by atoms with Crippen molar-refractivity contribution in [1.29, 1.82) is 0 Å². The van der Waals surface area contributed by atoms with Gasteiger partial charge in [0.25, 0.3) is 0 Å². The maximum Gasteiger partial charge on any atom is 0.146 e. The molecule has 3 unspecified atom stereocenters. The smallest absolute Gasteiger partial charge is 0.146 e. The van der Waals surface area contributed by atoms with Crippen molar-refractivity contribution < 1.29 is 0 Å². The lowest BCUT2D eigenvalue weighted by atomic mass is 9.93. The highest BCUT2D eigenvalue weighted by Crippen LogP contribution is 2.37. The first-order valence-corrected chi connectivity index (χ1v) is 17.5. The van der Waals surface area contributed by atoms with Gasteiger partial charge in [0.1, 0.15) is 8.51 Å². The van der Waals surface area contributed by atoms with Crippen molar-refractivity contribution in [3.63, 3.8) is 0 Å². The first-order valence-electron chi connectivity index (χ1n) is 13.8. The molecular weight excluding hydrogens is 588 g/mol. The second-order valence-electron chi connectivity index (χ2n) is 10.8. The standard InChI is InChI=1S/C34H24N4P4/c1-2-5-21-11-26-16-29-17-31-24(14-28(29)15-25(26)10-20(21)4-1)9-8-23-13-27-12-22-6-3-7-34(33(22)19-30(27)18-32(23)31)38-41-36-39-35-40-37-42-38/h1-19,35-36,39-41H. The predicted molar refractivity (Wildman–Crippen MR) is 191 cm³/mol. The normalized spacial score (nSPS) is 12.6. The molecule has 0 aliphatic carbocycles. The van der Waals surface area contributed by atoms with Crippen LogP contribution in [0.2, 0.25) is 0 Å². The zero-order valence-electron chi connectivity index (χ0n) is 22.3. The fourth-order valence-electron chi connectivity index (χ4n) is 6.31. The van der Waals surface area contributed by atoms with Crippen LogP contribution in [0.15, 0.2) is 115 Å². The topological polar surface area (TPSA) is 49.4 Å². The van der Waals surface area contributed by atoms with Gasteiger partial charge < -0.3 is 9.02 Å². The molecule has 1 aromatic heterocycles. The van der Waals surface area contributed by atoms with Crippen molar-refractivity contribution >= 4 is 109 Å². The van der Waals surface area contributed by atoms with Crippen molar-refractivity contribution in [2.24, 2.45) is 0 Å². The van der Waals surface area contributed by atoms with E-state index in [2.05, 4.69) is 133 Å². The fourth-order valence-corrected chi connectivity index (χ4v) is 10.8. The summed E-state index contributed by atoms with van der Waals surface area (Å²) in [5.41, 5.74) is 1.23. The van der Waals surface area contributed by atoms with Gasteiger partial charge in [-0.25, -0.2) is 0 Å². The van der Waals surface area contributed by atoms with Crippen molar-refractivity contribution in [3.8, 4) is 5.69 Å². The van der Waals surface area contributed by atoms with Crippen LogP contribution in [0.3, 0.4) is 0 Å². The summed E-state index contributed by atoms with van der Waals surface area (Å²) in [6.07, 6.45) is 0. The summed E-state index contributed by atoms with van der Waals surface area (Å²) in [4.78, 5) is 0. The molecule has 0 spiro atoms. The van der Waals surface area contributed by atoms with Crippen LogP contribution < -0.4 is 0 Å². The van der Waals surface area contributed by atoms with Crippen LogP contribution >= 0.6 is 34.0 Å². The van der Waals surface area contributed by atoms with Gasteiger partial charge in [0, 0.05) is 30.9 Å². The van der Waals surface area contributed by atoms with Crippen LogP contribution in [0.1, 0.15) is 0 Å². The SMILES string of the molecule is c1ccc2cc3cc4cc5c(ccc6cc7cc8cccc(-n9pn[pH][nH][pH][nH][pH]9)c8cc7cc65)cc4cc3cc2c1. The Morgan fingerprint density at radius 2 is 0.976 bits per heavy atom. The minimum atomic E-state index is 0.420. The quantitative estimate of drug-likeness (QED) is 0.141. The highest BCUT2D eigenvalue weighted by atomic mass is 31.1. The number of benzene rings is 8. The highest BCUT2D eigenvalue weighted by molar-refractivity contribution is 7.44. The maximum absolute atomic E-state index is 4.68. The number of nitrogens with zero attached hydrogens (tertiary/aromatic N) is 2. The number of rotatable bonds is 1. The minimum absolute atomic E-state index is 0.420. The highest BCUT2D eigenvalue weighted by Gasteiger charge is 2.10. The van der Waals surface area contributed by atoms with Gasteiger partial charge in [0.05, 0.1) is 5.69 Å². The van der Waals surface area contributed by atoms with Gasteiger partial charge in [0.2, 0.25) is 0 Å². The number of aromatic nitrogens is 4. The Labute approximate surface area is 247 Å². The molecule has 2 N–H and O–H groups in total. The van der Waals surface area contributed by atoms with Gasteiger partial charge in [-0.1, -0.05) is 48.5 Å². The Hall–Kier alpha value is -4.02. The van der Waals surface area contributed by atoms with Crippen LogP contribution in [-0.4, -0.2) is 17.6 Å². The molecule has 8 aromatic carbocycles. The Morgan fingerprint density at radius 3 is 1.64 bits per heavy atom. The van der Waals surface area contributed by atoms with Crippen LogP contribution in [0.5, 0.6) is 0 Å². The molecule has 42 heavy (non-hydrogen) atoms. The maximum atomic E-state index is 4.68. The van der Waals surface area contributed by atoms with E-state index in [0.29, 0.717) is 25.5 Å². The van der Waals surface area contributed by atoms with Crippen LogP contribution in [-0.2, 0) is 0 Å². The van der Waals surface area contributed by atoms with Gasteiger partial charge in [-0.05, 0) is 137 Å². The summed E-state index contributed by atoms with van der Waals surface area (Å²) in [6, 6.07) is 43.3. The second kappa shape index (κ2) is 9.78. The molecule has 1 heterocycles. The van der Waals surface area contributed by atoms with Gasteiger partial charge in [-0.15, -0.1) is 0 Å². The number of aromatic amines is 2. The van der Waals surface area contributed by atoms with Crippen molar-refractivity contribution in [3.05, 3.63) is 115 Å². The van der Waals surface area contributed by atoms with E-state index >= 15 is 0 Å². The van der Waals surface area contributed by atoms with Crippen LogP contribution in [0.4, 0.5) is 0 Å². The summed E-state index contributed by atoms with van der Waals surface area (Å²) in [7, 11) is 2.40. The Kier molecular flexibility index (Phi) is 5.72. The van der Waals surface area contributed by atoms with E-state index in [9.17, 15) is 0 Å². The summed E-state index contributed by atoms with van der Waals surface area (Å²) in [5, 5.41) is 17.9. The molecule has 9 rings (SSSR count). The number of H-pyrrole nitrogens is 2. The second-order valence-corrected chi connectivity index (χ2v) is 15.7. The molecule has 0 amide bonds. The molecule has 0 fully saturated rings. The Balaban J connectivity index is 1.29. The predicted octanol–water partition coefficient (Wildman–Crippen LogP) is 11.5. The molecule has 0 aliphatic rings. The van der Waals surface area contributed by atoms with E-state index in [4.69, 9.17) is 0 Å². The number of nitrogens with one attached hydrogen (secondary N) is 2. The van der Waals surface area contributed by atoms with E-state index in [-0.39, 0.29) is 0 Å². The lowest BCUT2D eigenvalue weighted by molar-refractivity contribution is 1.36. The minimum Gasteiger partial charge on any atom is -0.314 e. The molecule has 0 radical (unpaired) electrons. The zero-order valence-corrected chi connectivity index (χ0v) is 26.2. The van der Waals surface area contributed by atoms with Gasteiger partial charge >= 0.3 is 0 Å². The van der Waals surface area contributed by atoms with Crippen molar-refractivity contribution in [2.75, 3.05) is 0 Å². The molecular formula is C34H24N4P4. The van der Waals surface area contributed by atoms with E-state index in [1.54, 1.807) is 0 Å². The molecule has 0 saturated heterocycles. The largest absolute Gasteiger partial charge is 0.314 e. The van der Waals surface area contributed by atoms with Crippen LogP contribution in [0, 0.1) is 0 Å². The number of fused-ring (bicyclic) bond motifs is 8. The average molecular weight is 612 g/mol. The van der Waals surface area contributed by atoms with Gasteiger partial charge in [-0.2, -0.15) is 4.51 Å². The van der Waals surface area contributed by atoms with E-state index < -0.39 is 0 Å². The molecule has 200 valence electrons. The van der Waals surface area contributed by atoms with E-state index in [1.807, 2.05) is 0 Å². The molecule has 0 saturated carbocycles. The lowest BCUT2D eigenvalue weighted by Crippen LogP contribution is -1.88. The molecule has 0 aliphatic heterocycles. The number of hydrogen-bond acceptors (Lipinski definition) is 1. The molecule has 0 bridgehead atoms. The molecule has 8 heteroatoms. The third kappa shape index (κ3) is 4.07. The summed E-state index contributed by atoms with van der Waals surface area (Å²) >= 11 is 0. The number of hydrogen-bond donors (Lipinski definition) is 2. The van der Waals surface area contributed by atoms with E-state index in [1.165, 1.54) is 81.1 Å². The average Bonchev–Trinajstić information content (AvgIpc) is 2.99. The third-order valence-electron chi connectivity index (χ3n) is 8.30. The summed E-state index contributed by atoms with van der Waals surface area (Å²) in [6.45, 7) is 0. The lowest BCUT2D eigenvalue weighted by Gasteiger charge is -2.12.